The van der Waals surface area contributed by atoms with Gasteiger partial charge in [0.25, 0.3) is 5.91 Å². The Labute approximate surface area is 143 Å². The number of aryl methyl sites for hydroxylation is 1. The quantitative estimate of drug-likeness (QED) is 0.744. The molecule has 3 heterocycles. The molecule has 0 aliphatic carbocycles. The van der Waals surface area contributed by atoms with Crippen LogP contribution >= 0.6 is 11.3 Å². The number of nitrogens with one attached hydrogen (secondary N) is 2. The topological polar surface area (TPSA) is 84.7 Å². The summed E-state index contributed by atoms with van der Waals surface area (Å²) in [7, 11) is 0. The largest absolute Gasteiger partial charge is 0.362 e. The molecule has 3 aromatic rings. The number of rotatable bonds is 5. The standard InChI is InChI=1S/C16H18N6OS/c1-4-17-16-21-13(8-24-16)15(23)20-12-5-6-14(18-7-12)22-9-19-10(2)11(22)3/h5-9H,4H2,1-3H3,(H,17,21)(H,20,23). The summed E-state index contributed by atoms with van der Waals surface area (Å²) in [4.78, 5) is 25.1. The van der Waals surface area contributed by atoms with E-state index in [-0.39, 0.29) is 5.91 Å². The highest BCUT2D eigenvalue weighted by molar-refractivity contribution is 7.13. The van der Waals surface area contributed by atoms with E-state index in [9.17, 15) is 4.79 Å². The van der Waals surface area contributed by atoms with E-state index >= 15 is 0 Å². The highest BCUT2D eigenvalue weighted by atomic mass is 32.1. The first-order valence-electron chi connectivity index (χ1n) is 7.56. The summed E-state index contributed by atoms with van der Waals surface area (Å²) in [5, 5.41) is 8.36. The van der Waals surface area contributed by atoms with Crippen LogP contribution in [-0.2, 0) is 0 Å². The summed E-state index contributed by atoms with van der Waals surface area (Å²) >= 11 is 1.41. The Balaban J connectivity index is 1.71. The fraction of sp³-hybridized carbons (Fsp3) is 0.250. The number of thiazole rings is 1. The molecule has 0 aromatic carbocycles. The zero-order valence-electron chi connectivity index (χ0n) is 13.7. The van der Waals surface area contributed by atoms with Crippen molar-refractivity contribution < 1.29 is 4.79 Å². The average Bonchev–Trinajstić information content (AvgIpc) is 3.17. The Kier molecular flexibility index (Phi) is 4.57. The van der Waals surface area contributed by atoms with Crippen LogP contribution < -0.4 is 10.6 Å². The number of nitrogens with zero attached hydrogens (tertiary/aromatic N) is 4. The number of imidazole rings is 1. The summed E-state index contributed by atoms with van der Waals surface area (Å²) in [5.41, 5.74) is 3.02. The smallest absolute Gasteiger partial charge is 0.275 e. The maximum Gasteiger partial charge on any atom is 0.275 e. The zero-order valence-corrected chi connectivity index (χ0v) is 14.5. The predicted molar refractivity (Wildman–Crippen MR) is 95.1 cm³/mol. The van der Waals surface area contributed by atoms with E-state index in [1.54, 1.807) is 17.9 Å². The van der Waals surface area contributed by atoms with Crippen LogP contribution in [0.25, 0.3) is 5.82 Å². The van der Waals surface area contributed by atoms with Crippen LogP contribution in [0.15, 0.2) is 30.0 Å². The van der Waals surface area contributed by atoms with E-state index in [0.29, 0.717) is 11.4 Å². The molecule has 0 bridgehead atoms. The molecule has 0 spiro atoms. The van der Waals surface area contributed by atoms with Crippen molar-refractivity contribution in [1.29, 1.82) is 0 Å². The van der Waals surface area contributed by atoms with E-state index in [2.05, 4.69) is 25.6 Å². The minimum atomic E-state index is -0.250. The van der Waals surface area contributed by atoms with Crippen LogP contribution in [0.5, 0.6) is 0 Å². The summed E-state index contributed by atoms with van der Waals surface area (Å²) in [5.74, 6) is 0.508. The molecule has 0 aliphatic heterocycles. The van der Waals surface area contributed by atoms with Gasteiger partial charge < -0.3 is 10.6 Å². The van der Waals surface area contributed by atoms with Crippen LogP contribution in [-0.4, -0.2) is 32.0 Å². The van der Waals surface area contributed by atoms with Gasteiger partial charge >= 0.3 is 0 Å². The lowest BCUT2D eigenvalue weighted by atomic mass is 10.3. The molecular weight excluding hydrogens is 324 g/mol. The highest BCUT2D eigenvalue weighted by Gasteiger charge is 2.11. The third kappa shape index (κ3) is 3.28. The monoisotopic (exact) mass is 342 g/mol. The number of amides is 1. The Morgan fingerprint density at radius 1 is 1.29 bits per heavy atom. The Morgan fingerprint density at radius 2 is 2.12 bits per heavy atom. The van der Waals surface area contributed by atoms with Gasteiger partial charge in [-0.25, -0.2) is 15.0 Å². The summed E-state index contributed by atoms with van der Waals surface area (Å²) in [6, 6.07) is 3.65. The lowest BCUT2D eigenvalue weighted by Gasteiger charge is -2.07. The molecule has 8 heteroatoms. The molecule has 3 aromatic heterocycles. The van der Waals surface area contributed by atoms with E-state index in [4.69, 9.17) is 0 Å². The van der Waals surface area contributed by atoms with Crippen molar-refractivity contribution in [3.05, 3.63) is 47.1 Å². The molecule has 0 unspecified atom stereocenters. The summed E-state index contributed by atoms with van der Waals surface area (Å²) in [6.07, 6.45) is 3.36. The molecule has 7 nitrogen and oxygen atoms in total. The lowest BCUT2D eigenvalue weighted by molar-refractivity contribution is 0.102. The normalized spacial score (nSPS) is 10.6. The van der Waals surface area contributed by atoms with Gasteiger partial charge in [-0.05, 0) is 32.9 Å². The average molecular weight is 342 g/mol. The van der Waals surface area contributed by atoms with Crippen molar-refractivity contribution in [2.24, 2.45) is 0 Å². The van der Waals surface area contributed by atoms with Crippen molar-refractivity contribution in [2.45, 2.75) is 20.8 Å². The van der Waals surface area contributed by atoms with Gasteiger partial charge in [0.15, 0.2) is 5.13 Å². The summed E-state index contributed by atoms with van der Waals surface area (Å²) in [6.45, 7) is 6.70. The lowest BCUT2D eigenvalue weighted by Crippen LogP contribution is -2.13. The molecule has 2 N–H and O–H groups in total. The third-order valence-electron chi connectivity index (χ3n) is 3.57. The number of aromatic nitrogens is 4. The summed E-state index contributed by atoms with van der Waals surface area (Å²) < 4.78 is 1.91. The second-order valence-corrected chi connectivity index (χ2v) is 6.07. The number of anilines is 2. The fourth-order valence-corrected chi connectivity index (χ4v) is 2.90. The van der Waals surface area contributed by atoms with Crippen LogP contribution in [0.4, 0.5) is 10.8 Å². The van der Waals surface area contributed by atoms with Gasteiger partial charge in [0.2, 0.25) is 0 Å². The molecule has 3 rings (SSSR count). The number of carbonyl (C=O) groups excluding carboxylic acids is 1. The highest BCUT2D eigenvalue weighted by Crippen LogP contribution is 2.17. The maximum absolute atomic E-state index is 12.2. The first-order valence-corrected chi connectivity index (χ1v) is 8.44. The Morgan fingerprint density at radius 3 is 2.75 bits per heavy atom. The number of carbonyl (C=O) groups is 1. The molecule has 1 amide bonds. The van der Waals surface area contributed by atoms with Gasteiger partial charge in [-0.2, -0.15) is 0 Å². The van der Waals surface area contributed by atoms with Crippen LogP contribution in [0.3, 0.4) is 0 Å². The van der Waals surface area contributed by atoms with Crippen molar-refractivity contribution >= 4 is 28.1 Å². The molecule has 0 radical (unpaired) electrons. The van der Waals surface area contributed by atoms with E-state index in [1.165, 1.54) is 11.3 Å². The number of hydrogen-bond acceptors (Lipinski definition) is 6. The number of pyridine rings is 1. The van der Waals surface area contributed by atoms with Crippen LogP contribution in [0.1, 0.15) is 28.8 Å². The van der Waals surface area contributed by atoms with Gasteiger partial charge in [-0.1, -0.05) is 0 Å². The first-order chi connectivity index (χ1) is 11.6. The Hall–Kier alpha value is -2.74. The van der Waals surface area contributed by atoms with Crippen LogP contribution in [0.2, 0.25) is 0 Å². The van der Waals surface area contributed by atoms with Crippen molar-refractivity contribution in [1.82, 2.24) is 19.5 Å². The molecular formula is C16H18N6OS. The van der Waals surface area contributed by atoms with Gasteiger partial charge in [0.1, 0.15) is 17.8 Å². The molecule has 24 heavy (non-hydrogen) atoms. The minimum absolute atomic E-state index is 0.250. The Bertz CT molecular complexity index is 852. The second-order valence-electron chi connectivity index (χ2n) is 5.21. The SMILES string of the molecule is CCNc1nc(C(=O)Nc2ccc(-n3cnc(C)c3C)nc2)cs1. The fourth-order valence-electron chi connectivity index (χ4n) is 2.14. The van der Waals surface area contributed by atoms with E-state index in [0.717, 1.165) is 28.9 Å². The minimum Gasteiger partial charge on any atom is -0.362 e. The molecule has 0 saturated carbocycles. The van der Waals surface area contributed by atoms with Gasteiger partial charge in [-0.15, -0.1) is 11.3 Å². The molecule has 0 saturated heterocycles. The van der Waals surface area contributed by atoms with Gasteiger partial charge in [0.05, 0.1) is 17.6 Å². The maximum atomic E-state index is 12.2. The van der Waals surface area contributed by atoms with E-state index < -0.39 is 0 Å². The molecule has 0 fully saturated rings. The molecule has 0 aliphatic rings. The third-order valence-corrected chi connectivity index (χ3v) is 4.37. The van der Waals surface area contributed by atoms with Gasteiger partial charge in [0, 0.05) is 17.6 Å². The second kappa shape index (κ2) is 6.79. The van der Waals surface area contributed by atoms with E-state index in [1.807, 2.05) is 37.5 Å². The zero-order chi connectivity index (χ0) is 17.1. The van der Waals surface area contributed by atoms with Crippen molar-refractivity contribution in [3.8, 4) is 5.82 Å². The predicted octanol–water partition coefficient (Wildman–Crippen LogP) is 3.02. The van der Waals surface area contributed by atoms with Crippen molar-refractivity contribution in [2.75, 3.05) is 17.2 Å². The van der Waals surface area contributed by atoms with Crippen LogP contribution in [0, 0.1) is 13.8 Å². The first kappa shape index (κ1) is 16.1. The van der Waals surface area contributed by atoms with Crippen molar-refractivity contribution in [3.63, 3.8) is 0 Å². The molecule has 0 atom stereocenters. The molecule has 124 valence electrons. The number of hydrogen-bond donors (Lipinski definition) is 2. The van der Waals surface area contributed by atoms with Gasteiger partial charge in [-0.3, -0.25) is 9.36 Å².